The number of hydrogen-bond acceptors (Lipinski definition) is 6. The molecule has 0 aromatic heterocycles. The van der Waals surface area contributed by atoms with Gasteiger partial charge in [0.25, 0.3) is 0 Å². The highest BCUT2D eigenvalue weighted by molar-refractivity contribution is 7.89. The van der Waals surface area contributed by atoms with E-state index in [9.17, 15) is 8.42 Å². The Morgan fingerprint density at radius 1 is 1.25 bits per heavy atom. The summed E-state index contributed by atoms with van der Waals surface area (Å²) in [4.78, 5) is 0. The first-order valence-electron chi connectivity index (χ1n) is 2.65. The van der Waals surface area contributed by atoms with Crippen LogP contribution in [0.2, 0.25) is 0 Å². The van der Waals surface area contributed by atoms with E-state index in [4.69, 9.17) is 16.7 Å². The average molecular weight is 191 g/mol. The Labute approximate surface area is 67.5 Å². The van der Waals surface area contributed by atoms with E-state index in [1.54, 1.807) is 0 Å². The van der Waals surface area contributed by atoms with E-state index in [0.717, 1.165) is 0 Å². The quantitative estimate of drug-likeness (QED) is 0.293. The monoisotopic (exact) mass is 191 g/mol. The van der Waals surface area contributed by atoms with Crippen LogP contribution in [0.5, 0.6) is 0 Å². The lowest BCUT2D eigenvalue weighted by Gasteiger charge is -2.06. The third-order valence-electron chi connectivity index (χ3n) is 1.01. The summed E-state index contributed by atoms with van der Waals surface area (Å²) in [5.41, 5.74) is 9.81. The highest BCUT2D eigenvalue weighted by atomic mass is 32.2. The fourth-order valence-electron chi connectivity index (χ4n) is 0.589. The van der Waals surface area contributed by atoms with Crippen LogP contribution in [0.4, 0.5) is 0 Å². The van der Waals surface area contributed by atoms with Crippen molar-refractivity contribution in [2.45, 2.75) is 0 Å². The predicted molar refractivity (Wildman–Crippen MR) is 41.4 cm³/mol. The molecule has 9 heteroatoms. The Morgan fingerprint density at radius 3 is 2.00 bits per heavy atom. The Balaban J connectivity index is 3.32. The molecule has 1 aliphatic rings. The Kier molecular flexibility index (Phi) is 1.72. The third-order valence-corrected chi connectivity index (χ3v) is 1.87. The van der Waals surface area contributed by atoms with E-state index < -0.39 is 21.9 Å². The van der Waals surface area contributed by atoms with Crippen LogP contribution in [0.3, 0.4) is 0 Å². The normalized spacial score (nSPS) is 21.2. The van der Waals surface area contributed by atoms with Crippen LogP contribution in [0.15, 0.2) is 14.0 Å². The molecular formula is C3H5N5O3S. The highest BCUT2D eigenvalue weighted by Gasteiger charge is 2.22. The molecule has 0 amide bonds. The first kappa shape index (κ1) is 8.46. The van der Waals surface area contributed by atoms with Gasteiger partial charge in [0.05, 0.1) is 0 Å². The van der Waals surface area contributed by atoms with E-state index >= 15 is 0 Å². The maximum absolute atomic E-state index is 10.7. The van der Waals surface area contributed by atoms with Gasteiger partial charge in [0.15, 0.2) is 17.4 Å². The van der Waals surface area contributed by atoms with Gasteiger partial charge in [-0.1, -0.05) is 5.16 Å². The van der Waals surface area contributed by atoms with Crippen molar-refractivity contribution < 1.29 is 13.6 Å². The van der Waals surface area contributed by atoms with Crippen molar-refractivity contribution in [3.05, 3.63) is 0 Å². The van der Waals surface area contributed by atoms with Gasteiger partial charge in [-0.15, -0.1) is 8.80 Å². The summed E-state index contributed by atoms with van der Waals surface area (Å²) in [5.74, 6) is -0.963. The van der Waals surface area contributed by atoms with Gasteiger partial charge in [0.2, 0.25) is 0 Å². The molecule has 0 aromatic rings. The van der Waals surface area contributed by atoms with Crippen molar-refractivity contribution in [2.75, 3.05) is 0 Å². The van der Waals surface area contributed by atoms with Crippen molar-refractivity contribution in [2.24, 2.45) is 25.4 Å². The van der Waals surface area contributed by atoms with Crippen molar-refractivity contribution >= 4 is 27.6 Å². The summed E-state index contributed by atoms with van der Waals surface area (Å²) < 4.78 is 27.2. The molecule has 0 atom stereocenters. The Hall–Kier alpha value is -1.64. The molecule has 0 fully saturated rings. The lowest BCUT2D eigenvalue weighted by Crippen LogP contribution is -2.39. The third kappa shape index (κ3) is 1.34. The van der Waals surface area contributed by atoms with Gasteiger partial charge in [-0.2, -0.15) is 8.42 Å². The summed E-state index contributed by atoms with van der Waals surface area (Å²) in [5, 5.41) is 10.9. The molecule has 0 spiro atoms. The lowest BCUT2D eigenvalue weighted by molar-refractivity contribution is 0.321. The summed E-state index contributed by atoms with van der Waals surface area (Å²) in [6, 6.07) is 0. The summed E-state index contributed by atoms with van der Waals surface area (Å²) in [7, 11) is -3.99. The van der Waals surface area contributed by atoms with Gasteiger partial charge < -0.3 is 16.7 Å². The molecular weight excluding hydrogens is 186 g/mol. The molecule has 5 N–H and O–H groups in total. The van der Waals surface area contributed by atoms with E-state index in [0.29, 0.717) is 0 Å². The Morgan fingerprint density at radius 2 is 1.67 bits per heavy atom. The molecule has 1 rings (SSSR count). The molecule has 66 valence electrons. The number of rotatable bonds is 0. The van der Waals surface area contributed by atoms with Gasteiger partial charge in [0, 0.05) is 0 Å². The second kappa shape index (κ2) is 2.44. The number of nitrogens with zero attached hydrogens (tertiary/aromatic N) is 3. The second-order valence-corrected chi connectivity index (χ2v) is 3.11. The van der Waals surface area contributed by atoms with Gasteiger partial charge in [0.1, 0.15) is 0 Å². The van der Waals surface area contributed by atoms with Crippen LogP contribution < -0.4 is 11.5 Å². The SMILES string of the molecule is NC1=NS(=O)(=O)N=C(N)C1=NO. The lowest BCUT2D eigenvalue weighted by atomic mass is 10.3. The van der Waals surface area contributed by atoms with Crippen LogP contribution in [-0.2, 0) is 10.2 Å². The first-order chi connectivity index (χ1) is 5.46. The largest absolute Gasteiger partial charge is 0.410 e. The fourth-order valence-corrected chi connectivity index (χ4v) is 1.30. The van der Waals surface area contributed by atoms with Crippen LogP contribution in [0, 0.1) is 0 Å². The van der Waals surface area contributed by atoms with Crippen molar-refractivity contribution in [1.82, 2.24) is 0 Å². The standard InChI is InChI=1S/C3H5N5O3S/c4-2-1(6-9)3(5)8-12(10,11)7-2/h9H,(H2,4,7)(H2,5,8). The van der Waals surface area contributed by atoms with Crippen molar-refractivity contribution in [3.8, 4) is 0 Å². The molecule has 1 heterocycles. The molecule has 0 saturated carbocycles. The molecule has 8 nitrogen and oxygen atoms in total. The van der Waals surface area contributed by atoms with Crippen molar-refractivity contribution in [1.29, 1.82) is 0 Å². The molecule has 1 aliphatic heterocycles. The predicted octanol–water partition coefficient (Wildman–Crippen LogP) is -2.21. The van der Waals surface area contributed by atoms with Gasteiger partial charge in [-0.25, -0.2) is 0 Å². The zero-order chi connectivity index (χ0) is 9.35. The van der Waals surface area contributed by atoms with Crippen LogP contribution in [0.1, 0.15) is 0 Å². The van der Waals surface area contributed by atoms with Gasteiger partial charge in [-0.3, -0.25) is 0 Å². The van der Waals surface area contributed by atoms with Crippen LogP contribution in [-0.4, -0.2) is 31.0 Å². The smallest absolute Gasteiger partial charge is 0.367 e. The van der Waals surface area contributed by atoms with E-state index in [1.807, 2.05) is 0 Å². The minimum absolute atomic E-state index is 0.343. The average Bonchev–Trinajstić information content (AvgIpc) is 1.82. The van der Waals surface area contributed by atoms with Crippen LogP contribution in [0.25, 0.3) is 0 Å². The minimum atomic E-state index is -3.99. The minimum Gasteiger partial charge on any atom is -0.410 e. The summed E-state index contributed by atoms with van der Waals surface area (Å²) in [6.45, 7) is 0. The molecule has 0 radical (unpaired) electrons. The zero-order valence-corrected chi connectivity index (χ0v) is 6.48. The second-order valence-electron chi connectivity index (χ2n) is 1.85. The molecule has 0 aliphatic carbocycles. The Bertz CT molecular complexity index is 362. The van der Waals surface area contributed by atoms with E-state index in [1.165, 1.54) is 0 Å². The number of oxime groups is 1. The highest BCUT2D eigenvalue weighted by Crippen LogP contribution is 2.01. The van der Waals surface area contributed by atoms with Gasteiger partial charge in [-0.05, 0) is 0 Å². The molecule has 0 aromatic carbocycles. The van der Waals surface area contributed by atoms with Crippen molar-refractivity contribution in [3.63, 3.8) is 0 Å². The van der Waals surface area contributed by atoms with Crippen LogP contribution >= 0.6 is 0 Å². The molecule has 0 saturated heterocycles. The maximum atomic E-state index is 10.7. The molecule has 0 unspecified atom stereocenters. The van der Waals surface area contributed by atoms with Gasteiger partial charge >= 0.3 is 10.2 Å². The molecule has 0 bridgehead atoms. The maximum Gasteiger partial charge on any atom is 0.367 e. The zero-order valence-electron chi connectivity index (χ0n) is 5.67. The number of hydrogen-bond donors (Lipinski definition) is 3. The summed E-state index contributed by atoms with van der Waals surface area (Å²) >= 11 is 0. The van der Waals surface area contributed by atoms with E-state index in [-0.39, 0.29) is 5.71 Å². The first-order valence-corrected chi connectivity index (χ1v) is 4.04. The fraction of sp³-hybridized carbons (Fsp3) is 0. The number of amidine groups is 2. The van der Waals surface area contributed by atoms with E-state index in [2.05, 4.69) is 14.0 Å². The number of nitrogens with two attached hydrogens (primary N) is 2. The summed E-state index contributed by atoms with van der Waals surface area (Å²) in [6.07, 6.45) is 0. The topological polar surface area (TPSA) is 143 Å². The molecule has 12 heavy (non-hydrogen) atoms.